The van der Waals surface area contributed by atoms with Crippen molar-refractivity contribution in [2.75, 3.05) is 0 Å². The molecule has 0 saturated heterocycles. The minimum absolute atomic E-state index is 0.0518. The van der Waals surface area contributed by atoms with E-state index in [1.54, 1.807) is 15.9 Å². The third kappa shape index (κ3) is 2.72. The highest BCUT2D eigenvalue weighted by molar-refractivity contribution is 7.09. The van der Waals surface area contributed by atoms with Crippen molar-refractivity contribution in [3.63, 3.8) is 0 Å². The van der Waals surface area contributed by atoms with E-state index in [2.05, 4.69) is 9.97 Å². The first-order chi connectivity index (χ1) is 9.15. The van der Waals surface area contributed by atoms with Crippen molar-refractivity contribution in [1.29, 1.82) is 0 Å². The Morgan fingerprint density at radius 2 is 2.32 bits per heavy atom. The molecule has 3 rings (SSSR count). The molecule has 6 heteroatoms. The van der Waals surface area contributed by atoms with Crippen molar-refractivity contribution >= 4 is 22.9 Å². The Balaban J connectivity index is 1.88. The second-order valence-corrected chi connectivity index (χ2v) is 6.14. The summed E-state index contributed by atoms with van der Waals surface area (Å²) < 4.78 is 1.77. The number of hydrogen-bond donors (Lipinski definition) is 0. The highest BCUT2D eigenvalue weighted by Crippen LogP contribution is 2.38. The van der Waals surface area contributed by atoms with Gasteiger partial charge in [-0.25, -0.2) is 9.97 Å². The minimum Gasteiger partial charge on any atom is -0.296 e. The molecule has 2 aromatic rings. The van der Waals surface area contributed by atoms with Crippen molar-refractivity contribution in [1.82, 2.24) is 14.5 Å². The fourth-order valence-corrected chi connectivity index (χ4v) is 3.10. The number of halogens is 1. The molecule has 4 nitrogen and oxygen atoms in total. The molecule has 2 aromatic heterocycles. The number of nitrogens with zero attached hydrogens (tertiary/aromatic N) is 3. The second-order valence-electron chi connectivity index (χ2n) is 4.81. The molecule has 1 fully saturated rings. The number of aryl methyl sites for hydroxylation is 2. The summed E-state index contributed by atoms with van der Waals surface area (Å²) in [7, 11) is 0. The van der Waals surface area contributed by atoms with Gasteiger partial charge in [0.15, 0.2) is 0 Å². The van der Waals surface area contributed by atoms with Gasteiger partial charge in [0.25, 0.3) is 5.56 Å². The third-order valence-electron chi connectivity index (χ3n) is 3.36. The summed E-state index contributed by atoms with van der Waals surface area (Å²) in [5.74, 6) is 1.26. The van der Waals surface area contributed by atoms with Gasteiger partial charge in [0.05, 0.1) is 11.2 Å². The fraction of sp³-hybridized carbons (Fsp3) is 0.462. The van der Waals surface area contributed by atoms with Crippen LogP contribution in [0.4, 0.5) is 0 Å². The van der Waals surface area contributed by atoms with Crippen LogP contribution in [-0.2, 0) is 13.0 Å². The first kappa shape index (κ1) is 12.8. The van der Waals surface area contributed by atoms with Crippen molar-refractivity contribution in [2.45, 2.75) is 38.6 Å². The molecule has 1 aliphatic rings. The Labute approximate surface area is 120 Å². The standard InChI is InChI=1S/C13H14ClN3OS/c1-8-10(19-7-15-8)4-5-17-12(18)6-11(14)16-13(17)9-2-3-9/h6-7,9H,2-5H2,1H3. The van der Waals surface area contributed by atoms with Gasteiger partial charge in [-0.15, -0.1) is 11.3 Å². The van der Waals surface area contributed by atoms with E-state index in [1.165, 1.54) is 10.9 Å². The van der Waals surface area contributed by atoms with Gasteiger partial charge in [-0.2, -0.15) is 0 Å². The Hall–Kier alpha value is -1.20. The molecule has 0 bridgehead atoms. The summed E-state index contributed by atoms with van der Waals surface area (Å²) in [6, 6.07) is 1.40. The number of aromatic nitrogens is 3. The van der Waals surface area contributed by atoms with Gasteiger partial charge in [0.2, 0.25) is 0 Å². The Kier molecular flexibility index (Phi) is 3.41. The SMILES string of the molecule is Cc1ncsc1CCn1c(C2CC2)nc(Cl)cc1=O. The van der Waals surface area contributed by atoms with E-state index < -0.39 is 0 Å². The largest absolute Gasteiger partial charge is 0.296 e. The van der Waals surface area contributed by atoms with Gasteiger partial charge < -0.3 is 0 Å². The van der Waals surface area contributed by atoms with Gasteiger partial charge in [-0.05, 0) is 19.8 Å². The van der Waals surface area contributed by atoms with Gasteiger partial charge >= 0.3 is 0 Å². The molecule has 1 saturated carbocycles. The van der Waals surface area contributed by atoms with Gasteiger partial charge in [-0.1, -0.05) is 11.6 Å². The van der Waals surface area contributed by atoms with Gasteiger partial charge in [0, 0.05) is 29.8 Å². The lowest BCUT2D eigenvalue weighted by molar-refractivity contribution is 0.611. The van der Waals surface area contributed by atoms with E-state index in [1.807, 2.05) is 12.4 Å². The molecular weight excluding hydrogens is 282 g/mol. The second kappa shape index (κ2) is 5.06. The zero-order valence-electron chi connectivity index (χ0n) is 10.6. The molecule has 0 spiro atoms. The highest BCUT2D eigenvalue weighted by atomic mass is 35.5. The quantitative estimate of drug-likeness (QED) is 0.815. The predicted octanol–water partition coefficient (Wildman–Crippen LogP) is 2.78. The van der Waals surface area contributed by atoms with E-state index in [0.29, 0.717) is 17.6 Å². The molecule has 0 aromatic carbocycles. The summed E-state index contributed by atoms with van der Waals surface area (Å²) in [5.41, 5.74) is 2.84. The van der Waals surface area contributed by atoms with E-state index in [4.69, 9.17) is 11.6 Å². The lowest BCUT2D eigenvalue weighted by atomic mass is 10.3. The van der Waals surface area contributed by atoms with Crippen LogP contribution in [0.5, 0.6) is 0 Å². The van der Waals surface area contributed by atoms with Crippen LogP contribution >= 0.6 is 22.9 Å². The molecule has 1 aliphatic carbocycles. The van der Waals surface area contributed by atoms with Crippen LogP contribution in [0, 0.1) is 6.92 Å². The van der Waals surface area contributed by atoms with Crippen LogP contribution in [-0.4, -0.2) is 14.5 Å². The lowest BCUT2D eigenvalue weighted by Gasteiger charge is -2.11. The average molecular weight is 296 g/mol. The first-order valence-electron chi connectivity index (χ1n) is 6.31. The first-order valence-corrected chi connectivity index (χ1v) is 7.57. The zero-order chi connectivity index (χ0) is 13.4. The van der Waals surface area contributed by atoms with Crippen molar-refractivity contribution in [2.24, 2.45) is 0 Å². The van der Waals surface area contributed by atoms with E-state index in [0.717, 1.165) is 30.8 Å². The minimum atomic E-state index is -0.0518. The van der Waals surface area contributed by atoms with Crippen LogP contribution in [0.25, 0.3) is 0 Å². The van der Waals surface area contributed by atoms with E-state index in [9.17, 15) is 4.79 Å². The van der Waals surface area contributed by atoms with Crippen LogP contribution in [0.2, 0.25) is 5.15 Å². The Morgan fingerprint density at radius 3 is 2.95 bits per heavy atom. The monoisotopic (exact) mass is 295 g/mol. The molecule has 100 valence electrons. The molecule has 0 amide bonds. The predicted molar refractivity (Wildman–Crippen MR) is 76.0 cm³/mol. The molecule has 0 radical (unpaired) electrons. The Bertz CT molecular complexity index is 660. The zero-order valence-corrected chi connectivity index (χ0v) is 12.2. The summed E-state index contributed by atoms with van der Waals surface area (Å²) >= 11 is 7.52. The molecular formula is C13H14ClN3OS. The molecule has 0 N–H and O–H groups in total. The van der Waals surface area contributed by atoms with Crippen molar-refractivity contribution in [3.05, 3.63) is 43.5 Å². The summed E-state index contributed by atoms with van der Waals surface area (Å²) in [4.78, 5) is 21.9. The highest BCUT2D eigenvalue weighted by Gasteiger charge is 2.28. The summed E-state index contributed by atoms with van der Waals surface area (Å²) in [6.07, 6.45) is 3.03. The lowest BCUT2D eigenvalue weighted by Crippen LogP contribution is -2.25. The molecule has 0 aliphatic heterocycles. The van der Waals surface area contributed by atoms with E-state index >= 15 is 0 Å². The maximum Gasteiger partial charge on any atom is 0.255 e. The normalized spacial score (nSPS) is 14.8. The average Bonchev–Trinajstić information content (AvgIpc) is 3.12. The Morgan fingerprint density at radius 1 is 1.53 bits per heavy atom. The number of rotatable bonds is 4. The summed E-state index contributed by atoms with van der Waals surface area (Å²) in [5, 5.41) is 0.303. The van der Waals surface area contributed by atoms with Crippen LogP contribution in [0.1, 0.15) is 35.2 Å². The molecule has 2 heterocycles. The van der Waals surface area contributed by atoms with Crippen LogP contribution in [0.15, 0.2) is 16.4 Å². The molecule has 0 unspecified atom stereocenters. The maximum atomic E-state index is 12.1. The van der Waals surface area contributed by atoms with Gasteiger partial charge in [0.1, 0.15) is 11.0 Å². The molecule has 0 atom stereocenters. The number of hydrogen-bond acceptors (Lipinski definition) is 4. The topological polar surface area (TPSA) is 47.8 Å². The van der Waals surface area contributed by atoms with Crippen molar-refractivity contribution in [3.8, 4) is 0 Å². The maximum absolute atomic E-state index is 12.1. The number of thiazole rings is 1. The van der Waals surface area contributed by atoms with Crippen LogP contribution < -0.4 is 5.56 Å². The molecule has 19 heavy (non-hydrogen) atoms. The fourth-order valence-electron chi connectivity index (χ4n) is 2.15. The van der Waals surface area contributed by atoms with E-state index in [-0.39, 0.29) is 5.56 Å². The summed E-state index contributed by atoms with van der Waals surface area (Å²) in [6.45, 7) is 2.65. The van der Waals surface area contributed by atoms with Crippen LogP contribution in [0.3, 0.4) is 0 Å². The third-order valence-corrected chi connectivity index (χ3v) is 4.54. The smallest absolute Gasteiger partial charge is 0.255 e. The van der Waals surface area contributed by atoms with Crippen molar-refractivity contribution < 1.29 is 0 Å². The van der Waals surface area contributed by atoms with Gasteiger partial charge in [-0.3, -0.25) is 9.36 Å².